The maximum absolute atomic E-state index is 13.6. The molecule has 1 aromatic heterocycles. The molecule has 0 bridgehead atoms. The summed E-state index contributed by atoms with van der Waals surface area (Å²) >= 11 is 0. The van der Waals surface area contributed by atoms with Gasteiger partial charge in [0.2, 0.25) is 5.89 Å². The van der Waals surface area contributed by atoms with Crippen molar-refractivity contribution in [3.05, 3.63) is 41.9 Å². The van der Waals surface area contributed by atoms with Gasteiger partial charge >= 0.3 is 0 Å². The summed E-state index contributed by atoms with van der Waals surface area (Å²) in [6.07, 6.45) is 1.41. The van der Waals surface area contributed by atoms with E-state index < -0.39 is 11.6 Å². The highest BCUT2D eigenvalue weighted by molar-refractivity contribution is 5.57. The molecule has 1 N–H and O–H groups in total. The lowest BCUT2D eigenvalue weighted by atomic mass is 10.2. The number of halogens is 2. The molecule has 0 unspecified atom stereocenters. The minimum Gasteiger partial charge on any atom is -0.439 e. The van der Waals surface area contributed by atoms with Gasteiger partial charge in [-0.25, -0.2) is 13.8 Å². The average Bonchev–Trinajstić information content (AvgIpc) is 2.81. The van der Waals surface area contributed by atoms with Crippen LogP contribution < -0.4 is 5.32 Å². The molecule has 2 aromatic rings. The fourth-order valence-electron chi connectivity index (χ4n) is 1.68. The summed E-state index contributed by atoms with van der Waals surface area (Å²) in [5, 5.41) is 3.17. The highest BCUT2D eigenvalue weighted by Crippen LogP contribution is 2.24. The zero-order chi connectivity index (χ0) is 13.8. The molecule has 0 spiro atoms. The fraction of sp³-hybridized carbons (Fsp3) is 0.357. The van der Waals surface area contributed by atoms with Crippen molar-refractivity contribution >= 4 is 0 Å². The Morgan fingerprint density at radius 2 is 2.11 bits per heavy atom. The van der Waals surface area contributed by atoms with Crippen molar-refractivity contribution in [2.75, 3.05) is 6.54 Å². The van der Waals surface area contributed by atoms with Crippen LogP contribution in [0.25, 0.3) is 11.3 Å². The molecule has 0 atom stereocenters. The van der Waals surface area contributed by atoms with Gasteiger partial charge in [-0.15, -0.1) is 0 Å². The summed E-state index contributed by atoms with van der Waals surface area (Å²) < 4.78 is 32.1. The second-order valence-corrected chi connectivity index (χ2v) is 4.74. The Hall–Kier alpha value is -1.75. The Kier molecular flexibility index (Phi) is 4.27. The molecule has 2 rings (SSSR count). The Balaban J connectivity index is 2.10. The summed E-state index contributed by atoms with van der Waals surface area (Å²) in [7, 11) is 0. The van der Waals surface area contributed by atoms with E-state index in [2.05, 4.69) is 24.1 Å². The van der Waals surface area contributed by atoms with Crippen LogP contribution in [0.1, 0.15) is 19.7 Å². The van der Waals surface area contributed by atoms with Crippen molar-refractivity contribution in [3.63, 3.8) is 0 Å². The summed E-state index contributed by atoms with van der Waals surface area (Å²) in [4.78, 5) is 4.04. The van der Waals surface area contributed by atoms with E-state index in [0.29, 0.717) is 18.4 Å². The zero-order valence-corrected chi connectivity index (χ0v) is 10.9. The largest absolute Gasteiger partial charge is 0.439 e. The Bertz CT molecular complexity index is 552. The lowest BCUT2D eigenvalue weighted by Crippen LogP contribution is -2.18. The van der Waals surface area contributed by atoms with Crippen LogP contribution in [0.3, 0.4) is 0 Å². The van der Waals surface area contributed by atoms with Gasteiger partial charge in [0.1, 0.15) is 0 Å². The highest BCUT2D eigenvalue weighted by atomic mass is 19.2. The van der Waals surface area contributed by atoms with E-state index in [0.717, 1.165) is 12.6 Å². The van der Waals surface area contributed by atoms with Crippen molar-refractivity contribution in [3.8, 4) is 11.3 Å². The summed E-state index contributed by atoms with van der Waals surface area (Å²) in [6, 6.07) is 3.97. The first-order valence-electron chi connectivity index (χ1n) is 6.17. The molecule has 102 valence electrons. The Morgan fingerprint density at radius 1 is 1.32 bits per heavy atom. The summed E-state index contributed by atoms with van der Waals surface area (Å²) in [6.45, 7) is 5.49. The van der Waals surface area contributed by atoms with Gasteiger partial charge in [0, 0.05) is 0 Å². The molecule has 0 aliphatic rings. The quantitative estimate of drug-likeness (QED) is 0.901. The van der Waals surface area contributed by atoms with E-state index in [-0.39, 0.29) is 11.3 Å². The highest BCUT2D eigenvalue weighted by Gasteiger charge is 2.13. The average molecular weight is 266 g/mol. The van der Waals surface area contributed by atoms with Crippen LogP contribution >= 0.6 is 0 Å². The minimum atomic E-state index is -0.916. The molecule has 3 nitrogen and oxygen atoms in total. The zero-order valence-electron chi connectivity index (χ0n) is 10.9. The maximum Gasteiger partial charge on any atom is 0.208 e. The first-order valence-corrected chi connectivity index (χ1v) is 6.17. The molecule has 5 heteroatoms. The van der Waals surface area contributed by atoms with Crippen molar-refractivity contribution in [1.29, 1.82) is 0 Å². The van der Waals surface area contributed by atoms with Gasteiger partial charge in [-0.05, 0) is 24.6 Å². The predicted octanol–water partition coefficient (Wildman–Crippen LogP) is 3.37. The molecule has 0 fully saturated rings. The van der Waals surface area contributed by atoms with Crippen LogP contribution in [-0.4, -0.2) is 11.5 Å². The van der Waals surface area contributed by atoms with Crippen LogP contribution in [-0.2, 0) is 6.54 Å². The van der Waals surface area contributed by atoms with E-state index in [1.807, 2.05) is 0 Å². The monoisotopic (exact) mass is 266 g/mol. The van der Waals surface area contributed by atoms with Gasteiger partial charge in [-0.2, -0.15) is 0 Å². The van der Waals surface area contributed by atoms with Gasteiger partial charge in [-0.1, -0.05) is 19.9 Å². The number of rotatable bonds is 5. The number of benzene rings is 1. The molecule has 1 aromatic carbocycles. The maximum atomic E-state index is 13.6. The van der Waals surface area contributed by atoms with E-state index >= 15 is 0 Å². The van der Waals surface area contributed by atoms with Crippen LogP contribution in [0.4, 0.5) is 8.78 Å². The number of oxazole rings is 1. The lowest BCUT2D eigenvalue weighted by Gasteiger charge is -2.04. The molecular formula is C14H16F2N2O. The van der Waals surface area contributed by atoms with Gasteiger partial charge in [0.15, 0.2) is 17.4 Å². The van der Waals surface area contributed by atoms with E-state index in [4.69, 9.17) is 4.42 Å². The van der Waals surface area contributed by atoms with Gasteiger partial charge < -0.3 is 9.73 Å². The number of aromatic nitrogens is 1. The smallest absolute Gasteiger partial charge is 0.208 e. The Labute approximate surface area is 110 Å². The first kappa shape index (κ1) is 13.7. The second kappa shape index (κ2) is 5.93. The van der Waals surface area contributed by atoms with Gasteiger partial charge in [0.25, 0.3) is 0 Å². The standard InChI is InChI=1S/C14H16F2N2O/c1-9(2)6-17-8-13-18-7-12(19-13)10-4-3-5-11(15)14(10)16/h3-5,7,9,17H,6,8H2,1-2H3. The normalized spacial score (nSPS) is 11.2. The van der Waals surface area contributed by atoms with Crippen LogP contribution in [0, 0.1) is 17.6 Å². The molecule has 19 heavy (non-hydrogen) atoms. The van der Waals surface area contributed by atoms with Crippen LogP contribution in [0.15, 0.2) is 28.8 Å². The summed E-state index contributed by atoms with van der Waals surface area (Å²) in [5.41, 5.74) is 0.0857. The molecule has 0 aliphatic heterocycles. The van der Waals surface area contributed by atoms with Crippen LogP contribution in [0.2, 0.25) is 0 Å². The molecule has 0 amide bonds. The third-order valence-corrected chi connectivity index (χ3v) is 2.60. The van der Waals surface area contributed by atoms with E-state index in [9.17, 15) is 8.78 Å². The number of hydrogen-bond donors (Lipinski definition) is 1. The third kappa shape index (κ3) is 3.38. The van der Waals surface area contributed by atoms with Crippen molar-refractivity contribution in [1.82, 2.24) is 10.3 Å². The molecule has 0 aliphatic carbocycles. The van der Waals surface area contributed by atoms with Crippen LogP contribution in [0.5, 0.6) is 0 Å². The van der Waals surface area contributed by atoms with E-state index in [1.165, 1.54) is 18.3 Å². The number of nitrogens with zero attached hydrogens (tertiary/aromatic N) is 1. The molecule has 0 saturated carbocycles. The number of nitrogens with one attached hydrogen (secondary N) is 1. The predicted molar refractivity (Wildman–Crippen MR) is 68.4 cm³/mol. The minimum absolute atomic E-state index is 0.0857. The summed E-state index contributed by atoms with van der Waals surface area (Å²) in [5.74, 6) is -0.596. The van der Waals surface area contributed by atoms with Crippen molar-refractivity contribution in [2.45, 2.75) is 20.4 Å². The lowest BCUT2D eigenvalue weighted by molar-refractivity contribution is 0.454. The topological polar surface area (TPSA) is 38.1 Å². The SMILES string of the molecule is CC(C)CNCc1ncc(-c2cccc(F)c2F)o1. The molecule has 0 radical (unpaired) electrons. The molecule has 0 saturated heterocycles. The van der Waals surface area contributed by atoms with E-state index in [1.54, 1.807) is 0 Å². The Morgan fingerprint density at radius 3 is 2.84 bits per heavy atom. The van der Waals surface area contributed by atoms with Crippen molar-refractivity contribution in [2.24, 2.45) is 5.92 Å². The van der Waals surface area contributed by atoms with Crippen molar-refractivity contribution < 1.29 is 13.2 Å². The second-order valence-electron chi connectivity index (χ2n) is 4.74. The first-order chi connectivity index (χ1) is 9.08. The number of hydrogen-bond acceptors (Lipinski definition) is 3. The van der Waals surface area contributed by atoms with Gasteiger partial charge in [0.05, 0.1) is 18.3 Å². The van der Waals surface area contributed by atoms with Gasteiger partial charge in [-0.3, -0.25) is 0 Å². The molecular weight excluding hydrogens is 250 g/mol. The molecule has 1 heterocycles. The third-order valence-electron chi connectivity index (χ3n) is 2.60. The fourth-order valence-corrected chi connectivity index (χ4v) is 1.68.